The van der Waals surface area contributed by atoms with Crippen molar-refractivity contribution in [2.45, 2.75) is 26.3 Å². The zero-order valence-electron chi connectivity index (χ0n) is 18.5. The van der Waals surface area contributed by atoms with Gasteiger partial charge in [-0.2, -0.15) is 11.3 Å². The first-order valence-electron chi connectivity index (χ1n) is 10.9. The average molecular weight is 467 g/mol. The maximum atomic E-state index is 12.9. The molecule has 0 radical (unpaired) electrons. The Hall–Kier alpha value is -3.46. The largest absolute Gasteiger partial charge is 0.444 e. The first-order chi connectivity index (χ1) is 16.0. The van der Waals surface area contributed by atoms with Crippen LogP contribution in [0.4, 0.5) is 0 Å². The molecule has 9 heteroatoms. The number of hydrogen-bond acceptors (Lipinski definition) is 6. The fourth-order valence-electron chi connectivity index (χ4n) is 3.71. The molecule has 0 aliphatic carbocycles. The van der Waals surface area contributed by atoms with Crippen LogP contribution in [-0.4, -0.2) is 58.7 Å². The van der Waals surface area contributed by atoms with Gasteiger partial charge in [0.25, 0.3) is 5.91 Å². The predicted octanol–water partition coefficient (Wildman–Crippen LogP) is 2.96. The van der Waals surface area contributed by atoms with Crippen molar-refractivity contribution < 1.29 is 18.8 Å². The van der Waals surface area contributed by atoms with E-state index in [1.54, 1.807) is 28.1 Å². The SMILES string of the molecule is CC(=O)N1CCCN(C(=O)c2coc(-c3ccc(CNC(=O)Cc4ccsc4)cc3)n2)CC1. The number of hydrogen-bond donors (Lipinski definition) is 1. The number of thiophene rings is 1. The second-order valence-corrected chi connectivity index (χ2v) is 8.75. The molecule has 1 saturated heterocycles. The van der Waals surface area contributed by atoms with Crippen molar-refractivity contribution in [2.75, 3.05) is 26.2 Å². The summed E-state index contributed by atoms with van der Waals surface area (Å²) in [5, 5.41) is 6.85. The topological polar surface area (TPSA) is 95.8 Å². The fourth-order valence-corrected chi connectivity index (χ4v) is 4.38. The fraction of sp³-hybridized carbons (Fsp3) is 0.333. The Morgan fingerprint density at radius 1 is 1.03 bits per heavy atom. The first kappa shape index (κ1) is 22.7. The molecule has 1 fully saturated rings. The number of oxazole rings is 1. The lowest BCUT2D eigenvalue weighted by Crippen LogP contribution is -2.36. The van der Waals surface area contributed by atoms with Gasteiger partial charge in [0.05, 0.1) is 6.42 Å². The second kappa shape index (κ2) is 10.4. The minimum Gasteiger partial charge on any atom is -0.444 e. The van der Waals surface area contributed by atoms with Crippen molar-refractivity contribution in [3.63, 3.8) is 0 Å². The summed E-state index contributed by atoms with van der Waals surface area (Å²) in [4.78, 5) is 44.4. The van der Waals surface area contributed by atoms with Crippen molar-refractivity contribution in [3.05, 3.63) is 64.2 Å². The normalized spacial score (nSPS) is 14.1. The van der Waals surface area contributed by atoms with Gasteiger partial charge in [-0.1, -0.05) is 12.1 Å². The van der Waals surface area contributed by atoms with E-state index < -0.39 is 0 Å². The van der Waals surface area contributed by atoms with Crippen LogP contribution in [0.5, 0.6) is 0 Å². The van der Waals surface area contributed by atoms with E-state index in [1.165, 1.54) is 6.26 Å². The molecule has 0 atom stereocenters. The van der Waals surface area contributed by atoms with Crippen LogP contribution >= 0.6 is 11.3 Å². The Bertz CT molecular complexity index is 1110. The lowest BCUT2D eigenvalue weighted by atomic mass is 10.1. The van der Waals surface area contributed by atoms with Crippen molar-refractivity contribution in [1.82, 2.24) is 20.1 Å². The van der Waals surface area contributed by atoms with Crippen molar-refractivity contribution in [1.29, 1.82) is 0 Å². The van der Waals surface area contributed by atoms with E-state index in [4.69, 9.17) is 4.42 Å². The smallest absolute Gasteiger partial charge is 0.275 e. The number of benzene rings is 1. The van der Waals surface area contributed by atoms with Crippen molar-refractivity contribution >= 4 is 29.1 Å². The molecule has 33 heavy (non-hydrogen) atoms. The molecule has 1 aromatic carbocycles. The molecule has 4 rings (SSSR count). The molecule has 1 N–H and O–H groups in total. The Labute approximate surface area is 196 Å². The Morgan fingerprint density at radius 2 is 1.79 bits per heavy atom. The van der Waals surface area contributed by atoms with E-state index >= 15 is 0 Å². The summed E-state index contributed by atoms with van der Waals surface area (Å²) in [7, 11) is 0. The zero-order valence-corrected chi connectivity index (χ0v) is 19.3. The van der Waals surface area contributed by atoms with Crippen LogP contribution in [0.1, 0.15) is 35.0 Å². The second-order valence-electron chi connectivity index (χ2n) is 7.97. The summed E-state index contributed by atoms with van der Waals surface area (Å²) in [5.74, 6) is 0.179. The number of nitrogens with one attached hydrogen (secondary N) is 1. The van der Waals surface area contributed by atoms with Gasteiger partial charge in [0.1, 0.15) is 6.26 Å². The third-order valence-corrected chi connectivity index (χ3v) is 6.32. The molecule has 0 bridgehead atoms. The lowest BCUT2D eigenvalue weighted by molar-refractivity contribution is -0.128. The maximum Gasteiger partial charge on any atom is 0.275 e. The molecule has 1 aliphatic heterocycles. The minimum atomic E-state index is -0.194. The highest BCUT2D eigenvalue weighted by atomic mass is 32.1. The molecular weight excluding hydrogens is 440 g/mol. The number of carbonyl (C=O) groups excluding carboxylic acids is 3. The van der Waals surface area contributed by atoms with Gasteiger partial charge in [0, 0.05) is 45.2 Å². The van der Waals surface area contributed by atoms with Crippen LogP contribution in [0, 0.1) is 0 Å². The van der Waals surface area contributed by atoms with Crippen LogP contribution < -0.4 is 5.32 Å². The van der Waals surface area contributed by atoms with E-state index in [2.05, 4.69) is 10.3 Å². The Kier molecular flexibility index (Phi) is 7.19. The number of aromatic nitrogens is 1. The highest BCUT2D eigenvalue weighted by molar-refractivity contribution is 7.08. The summed E-state index contributed by atoms with van der Waals surface area (Å²) in [5.41, 5.74) is 2.98. The molecule has 0 spiro atoms. The van der Waals surface area contributed by atoms with Crippen LogP contribution in [0.15, 0.2) is 51.8 Å². The maximum absolute atomic E-state index is 12.9. The molecule has 2 aromatic heterocycles. The molecule has 1 aliphatic rings. The molecular formula is C24H26N4O4S. The quantitative estimate of drug-likeness (QED) is 0.603. The number of carbonyl (C=O) groups is 3. The van der Waals surface area contributed by atoms with Crippen LogP contribution in [0.25, 0.3) is 11.5 Å². The van der Waals surface area contributed by atoms with Gasteiger partial charge >= 0.3 is 0 Å². The summed E-state index contributed by atoms with van der Waals surface area (Å²) in [6.07, 6.45) is 2.49. The summed E-state index contributed by atoms with van der Waals surface area (Å²) in [6.45, 7) is 4.22. The highest BCUT2D eigenvalue weighted by Gasteiger charge is 2.24. The summed E-state index contributed by atoms with van der Waals surface area (Å²) < 4.78 is 5.56. The van der Waals surface area contributed by atoms with Gasteiger partial charge < -0.3 is 19.5 Å². The van der Waals surface area contributed by atoms with Crippen molar-refractivity contribution in [3.8, 4) is 11.5 Å². The monoisotopic (exact) mass is 466 g/mol. The highest BCUT2D eigenvalue weighted by Crippen LogP contribution is 2.20. The lowest BCUT2D eigenvalue weighted by Gasteiger charge is -2.20. The summed E-state index contributed by atoms with van der Waals surface area (Å²) >= 11 is 1.58. The zero-order chi connectivity index (χ0) is 23.2. The van der Waals surface area contributed by atoms with E-state index in [-0.39, 0.29) is 23.4 Å². The van der Waals surface area contributed by atoms with E-state index in [1.807, 2.05) is 41.1 Å². The standard InChI is InChI=1S/C24H26N4O4S/c1-17(29)27-8-2-9-28(11-10-27)24(31)21-15-32-23(26-21)20-5-3-18(4-6-20)14-25-22(30)13-19-7-12-33-16-19/h3-7,12,15-16H,2,8-11,13-14H2,1H3,(H,25,30). The van der Waals surface area contributed by atoms with Gasteiger partial charge in [0.15, 0.2) is 5.69 Å². The van der Waals surface area contributed by atoms with Gasteiger partial charge in [-0.15, -0.1) is 0 Å². The van der Waals surface area contributed by atoms with Crippen LogP contribution in [-0.2, 0) is 22.6 Å². The molecule has 8 nitrogen and oxygen atoms in total. The molecule has 172 valence electrons. The van der Waals surface area contributed by atoms with Crippen LogP contribution in [0.2, 0.25) is 0 Å². The molecule has 3 amide bonds. The van der Waals surface area contributed by atoms with Crippen LogP contribution in [0.3, 0.4) is 0 Å². The molecule has 3 aromatic rings. The van der Waals surface area contributed by atoms with Gasteiger partial charge in [0.2, 0.25) is 17.7 Å². The van der Waals surface area contributed by atoms with E-state index in [0.29, 0.717) is 45.0 Å². The predicted molar refractivity (Wildman–Crippen MR) is 125 cm³/mol. The third kappa shape index (κ3) is 5.87. The van der Waals surface area contributed by atoms with Gasteiger partial charge in [-0.05, 0) is 46.5 Å². The number of nitrogens with zero attached hydrogens (tertiary/aromatic N) is 3. The van der Waals surface area contributed by atoms with Crippen molar-refractivity contribution in [2.24, 2.45) is 0 Å². The number of rotatable bonds is 6. The molecule has 3 heterocycles. The molecule has 0 unspecified atom stereocenters. The van der Waals surface area contributed by atoms with E-state index in [9.17, 15) is 14.4 Å². The minimum absolute atomic E-state index is 0.0201. The van der Waals surface area contributed by atoms with Gasteiger partial charge in [-0.3, -0.25) is 14.4 Å². The van der Waals surface area contributed by atoms with E-state index in [0.717, 1.165) is 23.1 Å². The first-order valence-corrected chi connectivity index (χ1v) is 11.8. The Balaban J connectivity index is 1.33. The summed E-state index contributed by atoms with van der Waals surface area (Å²) in [6, 6.07) is 9.46. The Morgan fingerprint density at radius 3 is 2.52 bits per heavy atom. The average Bonchev–Trinajstić information content (AvgIpc) is 3.45. The third-order valence-electron chi connectivity index (χ3n) is 5.59. The van der Waals surface area contributed by atoms with Gasteiger partial charge in [-0.25, -0.2) is 4.98 Å². The molecule has 0 saturated carbocycles. The number of amides is 3.